The lowest BCUT2D eigenvalue weighted by molar-refractivity contribution is -0.138. The van der Waals surface area contributed by atoms with Crippen molar-refractivity contribution in [1.82, 2.24) is 16.0 Å². The van der Waals surface area contributed by atoms with Crippen LogP contribution in [0.3, 0.4) is 0 Å². The molecule has 0 aromatic heterocycles. The minimum atomic E-state index is -0.959. The van der Waals surface area contributed by atoms with Crippen molar-refractivity contribution in [2.45, 2.75) is 50.2 Å². The lowest BCUT2D eigenvalue weighted by Crippen LogP contribution is -2.63. The number of nitrogens with one attached hydrogen (secondary N) is 3. The predicted molar refractivity (Wildman–Crippen MR) is 97.1 cm³/mol. The van der Waals surface area contributed by atoms with E-state index in [0.29, 0.717) is 18.8 Å². The minimum Gasteiger partial charge on any atom is -0.368 e. The van der Waals surface area contributed by atoms with E-state index in [1.165, 1.54) is 0 Å². The molecule has 0 unspecified atom stereocenters. The molecule has 5 N–H and O–H groups in total. The van der Waals surface area contributed by atoms with Gasteiger partial charge < -0.3 is 21.7 Å². The van der Waals surface area contributed by atoms with Crippen LogP contribution in [0.1, 0.15) is 31.2 Å². The number of rotatable bonds is 8. The molecule has 1 aromatic carbocycles. The van der Waals surface area contributed by atoms with Crippen LogP contribution in [0.5, 0.6) is 0 Å². The number of nitrogens with two attached hydrogens (primary N) is 1. The first-order valence-electron chi connectivity index (χ1n) is 9.15. The van der Waals surface area contributed by atoms with E-state index in [4.69, 9.17) is 5.73 Å². The molecule has 1 aliphatic carbocycles. The van der Waals surface area contributed by atoms with Crippen molar-refractivity contribution in [3.8, 4) is 0 Å². The van der Waals surface area contributed by atoms with Crippen LogP contribution in [0, 0.1) is 5.92 Å². The molecule has 0 spiro atoms. The van der Waals surface area contributed by atoms with Crippen LogP contribution < -0.4 is 21.7 Å². The topological polar surface area (TPSA) is 130 Å². The summed E-state index contributed by atoms with van der Waals surface area (Å²) >= 11 is 0. The fourth-order valence-corrected chi connectivity index (χ4v) is 3.18. The highest BCUT2D eigenvalue weighted by Crippen LogP contribution is 2.33. The largest absolute Gasteiger partial charge is 0.368 e. The van der Waals surface area contributed by atoms with Crippen LogP contribution in [-0.2, 0) is 25.6 Å². The molecule has 1 aliphatic heterocycles. The second-order valence-electron chi connectivity index (χ2n) is 7.22. The van der Waals surface area contributed by atoms with E-state index < -0.39 is 35.8 Å². The molecule has 8 nitrogen and oxygen atoms in total. The first kappa shape index (κ1) is 18.9. The summed E-state index contributed by atoms with van der Waals surface area (Å²) in [5, 5.41) is 7.84. The zero-order valence-corrected chi connectivity index (χ0v) is 14.9. The van der Waals surface area contributed by atoms with Crippen LogP contribution in [-0.4, -0.2) is 41.8 Å². The SMILES string of the molecule is NC(=O)[C@H](CC1CC1)NC(=O)C[C@@H]1NC(=O)[C@H](Cc2ccccc2)NC1=O. The van der Waals surface area contributed by atoms with Gasteiger partial charge >= 0.3 is 0 Å². The number of carbonyl (C=O) groups excluding carboxylic acids is 4. The molecule has 144 valence electrons. The average molecular weight is 372 g/mol. The van der Waals surface area contributed by atoms with E-state index >= 15 is 0 Å². The Bertz CT molecular complexity index is 732. The number of piperazine rings is 1. The molecule has 1 aromatic rings. The Labute approximate surface area is 157 Å². The van der Waals surface area contributed by atoms with Crippen LogP contribution >= 0.6 is 0 Å². The Morgan fingerprint density at radius 1 is 1.07 bits per heavy atom. The Morgan fingerprint density at radius 2 is 1.70 bits per heavy atom. The first-order valence-corrected chi connectivity index (χ1v) is 9.15. The van der Waals surface area contributed by atoms with E-state index in [1.54, 1.807) is 0 Å². The minimum absolute atomic E-state index is 0.232. The van der Waals surface area contributed by atoms with Crippen LogP contribution in [0.25, 0.3) is 0 Å². The lowest BCUT2D eigenvalue weighted by Gasteiger charge is -2.29. The smallest absolute Gasteiger partial charge is 0.243 e. The highest BCUT2D eigenvalue weighted by atomic mass is 16.2. The Morgan fingerprint density at radius 3 is 2.33 bits per heavy atom. The first-order chi connectivity index (χ1) is 12.9. The number of hydrogen-bond acceptors (Lipinski definition) is 4. The van der Waals surface area contributed by atoms with Crippen molar-refractivity contribution in [3.05, 3.63) is 35.9 Å². The monoisotopic (exact) mass is 372 g/mol. The molecule has 1 saturated carbocycles. The standard InChI is InChI=1S/C19H24N4O4/c20-17(25)13(8-12-6-7-12)21-16(24)10-15-19(27)22-14(18(26)23-15)9-11-4-2-1-3-5-11/h1-5,12-15H,6-10H2,(H2,20,25)(H,21,24)(H,22,27)(H,23,26)/t13-,14-,15-/m0/s1. The molecular weight excluding hydrogens is 348 g/mol. The average Bonchev–Trinajstić information content (AvgIpc) is 3.43. The maximum atomic E-state index is 12.3. The van der Waals surface area contributed by atoms with Gasteiger partial charge in [0.1, 0.15) is 18.1 Å². The van der Waals surface area contributed by atoms with Gasteiger partial charge in [0.2, 0.25) is 23.6 Å². The van der Waals surface area contributed by atoms with E-state index in [9.17, 15) is 19.2 Å². The van der Waals surface area contributed by atoms with Crippen LogP contribution in [0.2, 0.25) is 0 Å². The van der Waals surface area contributed by atoms with Gasteiger partial charge in [0.15, 0.2) is 0 Å². The predicted octanol–water partition coefficient (Wildman–Crippen LogP) is -0.627. The molecule has 27 heavy (non-hydrogen) atoms. The summed E-state index contributed by atoms with van der Waals surface area (Å²) in [6.07, 6.45) is 2.73. The second-order valence-corrected chi connectivity index (χ2v) is 7.22. The van der Waals surface area contributed by atoms with Crippen molar-refractivity contribution >= 4 is 23.6 Å². The summed E-state index contributed by atoms with van der Waals surface area (Å²) in [6.45, 7) is 0. The third-order valence-corrected chi connectivity index (χ3v) is 4.88. The maximum Gasteiger partial charge on any atom is 0.243 e. The Kier molecular flexibility index (Phi) is 5.73. The number of amides is 4. The van der Waals surface area contributed by atoms with E-state index in [0.717, 1.165) is 18.4 Å². The van der Waals surface area contributed by atoms with E-state index in [-0.39, 0.29) is 12.3 Å². The highest BCUT2D eigenvalue weighted by Gasteiger charge is 2.36. The second kappa shape index (κ2) is 8.20. The van der Waals surface area contributed by atoms with Gasteiger partial charge in [-0.25, -0.2) is 0 Å². The fourth-order valence-electron chi connectivity index (χ4n) is 3.18. The van der Waals surface area contributed by atoms with E-state index in [1.807, 2.05) is 30.3 Å². The number of benzene rings is 1. The van der Waals surface area contributed by atoms with Gasteiger partial charge in [-0.3, -0.25) is 19.2 Å². The molecule has 3 rings (SSSR count). The van der Waals surface area contributed by atoms with Gasteiger partial charge in [-0.05, 0) is 17.9 Å². The summed E-state index contributed by atoms with van der Waals surface area (Å²) in [5.41, 5.74) is 6.26. The molecule has 3 atom stereocenters. The normalized spacial score (nSPS) is 23.1. The Hall–Kier alpha value is -2.90. The maximum absolute atomic E-state index is 12.3. The molecular formula is C19H24N4O4. The van der Waals surface area contributed by atoms with Crippen molar-refractivity contribution in [3.63, 3.8) is 0 Å². The van der Waals surface area contributed by atoms with Crippen molar-refractivity contribution in [2.24, 2.45) is 11.7 Å². The summed E-state index contributed by atoms with van der Waals surface area (Å²) in [6, 6.07) is 6.99. The molecule has 2 aliphatic rings. The lowest BCUT2D eigenvalue weighted by atomic mass is 10.0. The van der Waals surface area contributed by atoms with Gasteiger partial charge in [-0.15, -0.1) is 0 Å². The van der Waals surface area contributed by atoms with Crippen molar-refractivity contribution in [1.29, 1.82) is 0 Å². The van der Waals surface area contributed by atoms with Gasteiger partial charge in [-0.2, -0.15) is 0 Å². The zero-order valence-electron chi connectivity index (χ0n) is 14.9. The molecule has 1 heterocycles. The number of carbonyl (C=O) groups is 4. The third-order valence-electron chi connectivity index (χ3n) is 4.88. The molecule has 1 saturated heterocycles. The van der Waals surface area contributed by atoms with E-state index in [2.05, 4.69) is 16.0 Å². The van der Waals surface area contributed by atoms with Crippen LogP contribution in [0.15, 0.2) is 30.3 Å². The number of hydrogen-bond donors (Lipinski definition) is 4. The van der Waals surface area contributed by atoms with Gasteiger partial charge in [0, 0.05) is 6.42 Å². The number of primary amides is 1. The molecule has 8 heteroatoms. The summed E-state index contributed by atoms with van der Waals surface area (Å²) < 4.78 is 0. The molecule has 2 fully saturated rings. The Balaban J connectivity index is 1.52. The quantitative estimate of drug-likeness (QED) is 0.484. The summed E-state index contributed by atoms with van der Waals surface area (Å²) in [5.74, 6) is -1.40. The van der Waals surface area contributed by atoms with Crippen molar-refractivity contribution in [2.75, 3.05) is 0 Å². The van der Waals surface area contributed by atoms with Crippen molar-refractivity contribution < 1.29 is 19.2 Å². The molecule has 0 bridgehead atoms. The van der Waals surface area contributed by atoms with Crippen LogP contribution in [0.4, 0.5) is 0 Å². The van der Waals surface area contributed by atoms with Gasteiger partial charge in [0.05, 0.1) is 6.42 Å². The molecule has 0 radical (unpaired) electrons. The zero-order chi connectivity index (χ0) is 19.4. The molecule has 4 amide bonds. The summed E-state index contributed by atoms with van der Waals surface area (Å²) in [4.78, 5) is 48.3. The fraction of sp³-hybridized carbons (Fsp3) is 0.474. The van der Waals surface area contributed by atoms with Gasteiger partial charge in [-0.1, -0.05) is 43.2 Å². The van der Waals surface area contributed by atoms with Gasteiger partial charge in [0.25, 0.3) is 0 Å². The highest BCUT2D eigenvalue weighted by molar-refractivity contribution is 5.99. The summed E-state index contributed by atoms with van der Waals surface area (Å²) in [7, 11) is 0. The third kappa shape index (κ3) is 5.29.